The van der Waals surface area contributed by atoms with Crippen molar-refractivity contribution < 1.29 is 0 Å². The molecule has 0 radical (unpaired) electrons. The Morgan fingerprint density at radius 3 is 1.22 bits per heavy atom. The van der Waals surface area contributed by atoms with Crippen LogP contribution in [0.4, 0.5) is 0 Å². The Kier molecular flexibility index (Phi) is 4.89. The van der Waals surface area contributed by atoms with Crippen molar-refractivity contribution in [1.82, 2.24) is 0 Å². The molecule has 0 aliphatic heterocycles. The molecule has 0 saturated carbocycles. The molecule has 27 heavy (non-hydrogen) atoms. The van der Waals surface area contributed by atoms with Gasteiger partial charge in [0.25, 0.3) is 0 Å². The van der Waals surface area contributed by atoms with Crippen LogP contribution in [0.2, 0.25) is 0 Å². The molecule has 0 heterocycles. The lowest BCUT2D eigenvalue weighted by Gasteiger charge is -2.20. The average molecular weight is 348 g/mol. The summed E-state index contributed by atoms with van der Waals surface area (Å²) in [5.41, 5.74) is 9.04. The van der Waals surface area contributed by atoms with Crippen molar-refractivity contribution in [3.63, 3.8) is 0 Å². The molecule has 4 aromatic rings. The summed E-state index contributed by atoms with van der Waals surface area (Å²) in [4.78, 5) is 0. The van der Waals surface area contributed by atoms with Gasteiger partial charge in [0.15, 0.2) is 0 Å². The predicted octanol–water partition coefficient (Wildman–Crippen LogP) is 7.81. The SMILES string of the molecule is CC(C)c1cc(-c2ccccc2)c(-c2ccccc2)c(-c2ccccc2)c1. The van der Waals surface area contributed by atoms with Gasteiger partial charge in [0.05, 0.1) is 0 Å². The Labute approximate surface area is 162 Å². The summed E-state index contributed by atoms with van der Waals surface area (Å²) in [6.45, 7) is 4.53. The summed E-state index contributed by atoms with van der Waals surface area (Å²) in [6, 6.07) is 37.0. The Morgan fingerprint density at radius 1 is 0.481 bits per heavy atom. The normalized spacial score (nSPS) is 10.9. The summed E-state index contributed by atoms with van der Waals surface area (Å²) < 4.78 is 0. The molecular formula is C27H24. The maximum atomic E-state index is 2.37. The fourth-order valence-corrected chi connectivity index (χ4v) is 3.60. The van der Waals surface area contributed by atoms with E-state index in [-0.39, 0.29) is 0 Å². The minimum Gasteiger partial charge on any atom is -0.0622 e. The molecule has 0 bridgehead atoms. The van der Waals surface area contributed by atoms with Crippen LogP contribution in [-0.2, 0) is 0 Å². The zero-order chi connectivity index (χ0) is 18.6. The second kappa shape index (κ2) is 7.63. The van der Waals surface area contributed by atoms with Gasteiger partial charge in [0.2, 0.25) is 0 Å². The first-order valence-corrected chi connectivity index (χ1v) is 9.58. The first-order chi connectivity index (χ1) is 13.2. The molecule has 4 rings (SSSR count). The van der Waals surface area contributed by atoms with Gasteiger partial charge in [0.1, 0.15) is 0 Å². The molecule has 0 saturated heterocycles. The minimum absolute atomic E-state index is 0.472. The van der Waals surface area contributed by atoms with Crippen LogP contribution in [0.25, 0.3) is 33.4 Å². The van der Waals surface area contributed by atoms with Crippen molar-refractivity contribution in [2.24, 2.45) is 0 Å². The van der Waals surface area contributed by atoms with Crippen LogP contribution in [0.5, 0.6) is 0 Å². The lowest BCUT2D eigenvalue weighted by atomic mass is 9.84. The van der Waals surface area contributed by atoms with E-state index in [1.54, 1.807) is 0 Å². The molecule has 0 heteroatoms. The highest BCUT2D eigenvalue weighted by Gasteiger charge is 2.16. The van der Waals surface area contributed by atoms with Gasteiger partial charge in [-0.2, -0.15) is 0 Å². The highest BCUT2D eigenvalue weighted by atomic mass is 14.2. The highest BCUT2D eigenvalue weighted by Crippen LogP contribution is 2.42. The molecule has 0 amide bonds. The zero-order valence-electron chi connectivity index (χ0n) is 15.9. The van der Waals surface area contributed by atoms with Crippen LogP contribution in [0, 0.1) is 0 Å². The van der Waals surface area contributed by atoms with E-state index >= 15 is 0 Å². The van der Waals surface area contributed by atoms with Gasteiger partial charge in [-0.25, -0.2) is 0 Å². The van der Waals surface area contributed by atoms with Crippen molar-refractivity contribution in [2.45, 2.75) is 19.8 Å². The molecule has 0 nitrogen and oxygen atoms in total. The van der Waals surface area contributed by atoms with Crippen molar-refractivity contribution in [3.8, 4) is 33.4 Å². The van der Waals surface area contributed by atoms with E-state index in [1.165, 1.54) is 38.9 Å². The lowest BCUT2D eigenvalue weighted by Crippen LogP contribution is -1.96. The minimum atomic E-state index is 0.472. The molecule has 0 N–H and O–H groups in total. The van der Waals surface area contributed by atoms with Crippen LogP contribution in [0.3, 0.4) is 0 Å². The number of hydrogen-bond donors (Lipinski definition) is 0. The van der Waals surface area contributed by atoms with Gasteiger partial charge in [0, 0.05) is 0 Å². The lowest BCUT2D eigenvalue weighted by molar-refractivity contribution is 0.868. The molecule has 0 aliphatic carbocycles. The Balaban J connectivity index is 2.09. The fourth-order valence-electron chi connectivity index (χ4n) is 3.60. The first-order valence-electron chi connectivity index (χ1n) is 9.58. The molecule has 0 fully saturated rings. The average Bonchev–Trinajstić information content (AvgIpc) is 2.74. The van der Waals surface area contributed by atoms with Crippen molar-refractivity contribution in [2.75, 3.05) is 0 Å². The summed E-state index contributed by atoms with van der Waals surface area (Å²) >= 11 is 0. The van der Waals surface area contributed by atoms with Gasteiger partial charge in [-0.3, -0.25) is 0 Å². The number of rotatable bonds is 4. The zero-order valence-corrected chi connectivity index (χ0v) is 15.9. The van der Waals surface area contributed by atoms with Crippen LogP contribution >= 0.6 is 0 Å². The van der Waals surface area contributed by atoms with E-state index in [9.17, 15) is 0 Å². The third-order valence-electron chi connectivity index (χ3n) is 5.06. The fraction of sp³-hybridized carbons (Fsp3) is 0.111. The van der Waals surface area contributed by atoms with Crippen molar-refractivity contribution >= 4 is 0 Å². The molecular weight excluding hydrogens is 324 g/mol. The highest BCUT2D eigenvalue weighted by molar-refractivity contribution is 5.95. The van der Waals surface area contributed by atoms with Gasteiger partial charge < -0.3 is 0 Å². The summed E-state index contributed by atoms with van der Waals surface area (Å²) in [6.07, 6.45) is 0. The molecule has 0 aromatic heterocycles. The van der Waals surface area contributed by atoms with Gasteiger partial charge in [-0.1, -0.05) is 117 Å². The summed E-state index contributed by atoms with van der Waals surface area (Å²) in [5.74, 6) is 0.472. The standard InChI is InChI=1S/C27H24/c1-20(2)24-18-25(21-12-6-3-7-13-21)27(23-16-10-5-11-17-23)26(19-24)22-14-8-4-9-15-22/h3-20H,1-2H3. The Morgan fingerprint density at radius 2 is 0.852 bits per heavy atom. The van der Waals surface area contributed by atoms with Crippen LogP contribution < -0.4 is 0 Å². The topological polar surface area (TPSA) is 0 Å². The molecule has 0 aliphatic rings. The predicted molar refractivity (Wildman–Crippen MR) is 117 cm³/mol. The van der Waals surface area contributed by atoms with Crippen molar-refractivity contribution in [1.29, 1.82) is 0 Å². The second-order valence-electron chi connectivity index (χ2n) is 7.24. The Hall–Kier alpha value is -3.12. The van der Waals surface area contributed by atoms with Gasteiger partial charge in [-0.15, -0.1) is 0 Å². The molecule has 0 atom stereocenters. The van der Waals surface area contributed by atoms with Crippen molar-refractivity contribution in [3.05, 3.63) is 109 Å². The first kappa shape index (κ1) is 17.3. The second-order valence-corrected chi connectivity index (χ2v) is 7.24. The summed E-state index contributed by atoms with van der Waals surface area (Å²) in [5, 5.41) is 0. The van der Waals surface area contributed by atoms with Gasteiger partial charge in [-0.05, 0) is 44.9 Å². The van der Waals surface area contributed by atoms with E-state index in [2.05, 4.69) is 117 Å². The third-order valence-corrected chi connectivity index (χ3v) is 5.06. The van der Waals surface area contributed by atoms with Crippen LogP contribution in [0.15, 0.2) is 103 Å². The smallest absolute Gasteiger partial charge is 0.00266 e. The van der Waals surface area contributed by atoms with E-state index in [0.29, 0.717) is 5.92 Å². The van der Waals surface area contributed by atoms with Gasteiger partial charge >= 0.3 is 0 Å². The van der Waals surface area contributed by atoms with E-state index in [4.69, 9.17) is 0 Å². The summed E-state index contributed by atoms with van der Waals surface area (Å²) in [7, 11) is 0. The van der Waals surface area contributed by atoms with Crippen LogP contribution in [0.1, 0.15) is 25.3 Å². The van der Waals surface area contributed by atoms with E-state index in [1.807, 2.05) is 0 Å². The van der Waals surface area contributed by atoms with E-state index < -0.39 is 0 Å². The maximum Gasteiger partial charge on any atom is -0.00266 e. The maximum absolute atomic E-state index is 2.37. The molecule has 0 unspecified atom stereocenters. The molecule has 132 valence electrons. The molecule has 0 spiro atoms. The van der Waals surface area contributed by atoms with Crippen LogP contribution in [-0.4, -0.2) is 0 Å². The monoisotopic (exact) mass is 348 g/mol. The van der Waals surface area contributed by atoms with E-state index in [0.717, 1.165) is 0 Å². The quantitative estimate of drug-likeness (QED) is 0.353. The number of hydrogen-bond acceptors (Lipinski definition) is 0. The molecule has 4 aromatic carbocycles. The third kappa shape index (κ3) is 3.57. The largest absolute Gasteiger partial charge is 0.0622 e. The number of benzene rings is 4. The Bertz CT molecular complexity index is 953.